The number of ether oxygens (including phenoxy) is 1. The highest BCUT2D eigenvalue weighted by Crippen LogP contribution is 2.24. The molecule has 144 valence electrons. The first-order valence-corrected chi connectivity index (χ1v) is 9.44. The number of benzene rings is 1. The summed E-state index contributed by atoms with van der Waals surface area (Å²) < 4.78 is 5.75. The van der Waals surface area contributed by atoms with Crippen LogP contribution in [-0.2, 0) is 15.0 Å². The van der Waals surface area contributed by atoms with Gasteiger partial charge in [-0.05, 0) is 42.4 Å². The van der Waals surface area contributed by atoms with Crippen molar-refractivity contribution in [2.24, 2.45) is 0 Å². The number of hydrogen-bond donors (Lipinski definition) is 0. The monoisotopic (exact) mass is 360 g/mol. The number of amides is 2. The zero-order chi connectivity index (χ0) is 19.3. The summed E-state index contributed by atoms with van der Waals surface area (Å²) in [4.78, 5) is 27.9. The van der Waals surface area contributed by atoms with Gasteiger partial charge in [0.05, 0.1) is 6.61 Å². The van der Waals surface area contributed by atoms with Gasteiger partial charge in [0.25, 0.3) is 0 Å². The highest BCUT2D eigenvalue weighted by molar-refractivity contribution is 5.88. The van der Waals surface area contributed by atoms with Crippen molar-refractivity contribution in [3.63, 3.8) is 0 Å². The van der Waals surface area contributed by atoms with Gasteiger partial charge in [-0.3, -0.25) is 9.59 Å². The van der Waals surface area contributed by atoms with Gasteiger partial charge < -0.3 is 14.5 Å². The predicted octanol–water partition coefficient (Wildman–Crippen LogP) is 3.22. The van der Waals surface area contributed by atoms with Gasteiger partial charge in [0.2, 0.25) is 11.8 Å². The van der Waals surface area contributed by atoms with Crippen molar-refractivity contribution in [2.75, 3.05) is 27.2 Å². The Morgan fingerprint density at radius 3 is 2.42 bits per heavy atom. The molecule has 0 saturated carbocycles. The molecule has 1 fully saturated rings. The quantitative estimate of drug-likeness (QED) is 0.732. The van der Waals surface area contributed by atoms with Crippen LogP contribution < -0.4 is 4.74 Å². The van der Waals surface area contributed by atoms with Crippen LogP contribution in [-0.4, -0.2) is 54.9 Å². The van der Waals surface area contributed by atoms with E-state index in [0.717, 1.165) is 18.6 Å². The smallest absolute Gasteiger partial charge is 0.244 e. The molecular weight excluding hydrogens is 328 g/mol. The molecule has 1 unspecified atom stereocenters. The molecule has 0 aromatic heterocycles. The molecule has 0 radical (unpaired) electrons. The molecule has 1 aromatic rings. The van der Waals surface area contributed by atoms with Gasteiger partial charge in [0, 0.05) is 27.1 Å². The summed E-state index contributed by atoms with van der Waals surface area (Å²) >= 11 is 0. The van der Waals surface area contributed by atoms with Gasteiger partial charge in [0.1, 0.15) is 11.8 Å². The van der Waals surface area contributed by atoms with E-state index in [2.05, 4.69) is 32.9 Å². The van der Waals surface area contributed by atoms with Gasteiger partial charge in [-0.25, -0.2) is 0 Å². The first kappa shape index (κ1) is 20.3. The summed E-state index contributed by atoms with van der Waals surface area (Å²) in [5, 5.41) is 0. The minimum atomic E-state index is -0.289. The molecule has 5 nitrogen and oxygen atoms in total. The largest absolute Gasteiger partial charge is 0.494 e. The molecule has 0 aliphatic carbocycles. The fourth-order valence-corrected chi connectivity index (χ4v) is 3.23. The van der Waals surface area contributed by atoms with Crippen LogP contribution in [0.1, 0.15) is 52.0 Å². The standard InChI is InChI=1S/C21H32N2O3/c1-21(2,3)16-10-12-17(13-11-16)26-15-7-9-19(24)23-14-6-8-18(23)20(25)22(4)5/h10-13,18H,6-9,14-15H2,1-5H3. The molecular formula is C21H32N2O3. The topological polar surface area (TPSA) is 49.9 Å². The second-order valence-corrected chi connectivity index (χ2v) is 8.20. The first-order valence-electron chi connectivity index (χ1n) is 9.44. The maximum absolute atomic E-state index is 12.4. The molecule has 0 N–H and O–H groups in total. The molecule has 1 aromatic carbocycles. The summed E-state index contributed by atoms with van der Waals surface area (Å²) in [5.74, 6) is 0.896. The van der Waals surface area contributed by atoms with E-state index in [4.69, 9.17) is 4.74 Å². The Labute approximate surface area is 157 Å². The summed E-state index contributed by atoms with van der Waals surface area (Å²) in [5.41, 5.74) is 1.40. The van der Waals surface area contributed by atoms with Crippen LogP contribution in [0.15, 0.2) is 24.3 Å². The molecule has 2 rings (SSSR count). The highest BCUT2D eigenvalue weighted by atomic mass is 16.5. The number of likely N-dealkylation sites (N-methyl/N-ethyl adjacent to an activating group) is 1. The highest BCUT2D eigenvalue weighted by Gasteiger charge is 2.34. The van der Waals surface area contributed by atoms with E-state index in [0.29, 0.717) is 26.0 Å². The van der Waals surface area contributed by atoms with E-state index in [1.54, 1.807) is 23.9 Å². The van der Waals surface area contributed by atoms with Crippen LogP contribution in [0.4, 0.5) is 0 Å². The molecule has 2 amide bonds. The van der Waals surface area contributed by atoms with E-state index in [1.165, 1.54) is 5.56 Å². The third kappa shape index (κ3) is 5.23. The van der Waals surface area contributed by atoms with Crippen molar-refractivity contribution in [3.8, 4) is 5.75 Å². The van der Waals surface area contributed by atoms with Crippen LogP contribution >= 0.6 is 0 Å². The molecule has 5 heteroatoms. The third-order valence-electron chi connectivity index (χ3n) is 4.82. The van der Waals surface area contributed by atoms with Crippen LogP contribution in [0.3, 0.4) is 0 Å². The van der Waals surface area contributed by atoms with Crippen molar-refractivity contribution in [1.29, 1.82) is 0 Å². The summed E-state index contributed by atoms with van der Waals surface area (Å²) in [6.45, 7) is 7.72. The summed E-state index contributed by atoms with van der Waals surface area (Å²) in [7, 11) is 3.48. The molecule has 1 atom stereocenters. The maximum atomic E-state index is 12.4. The Balaban J connectivity index is 1.77. The average molecular weight is 360 g/mol. The fraction of sp³-hybridized carbons (Fsp3) is 0.619. The maximum Gasteiger partial charge on any atom is 0.244 e. The second-order valence-electron chi connectivity index (χ2n) is 8.20. The van der Waals surface area contributed by atoms with E-state index in [1.807, 2.05) is 12.1 Å². The van der Waals surface area contributed by atoms with Crippen LogP contribution in [0.25, 0.3) is 0 Å². The lowest BCUT2D eigenvalue weighted by molar-refractivity contribution is -0.142. The van der Waals surface area contributed by atoms with Gasteiger partial charge in [0.15, 0.2) is 0 Å². The normalized spacial score (nSPS) is 17.3. The Bertz CT molecular complexity index is 617. The lowest BCUT2D eigenvalue weighted by Gasteiger charge is -2.26. The zero-order valence-corrected chi connectivity index (χ0v) is 16.7. The molecule has 0 bridgehead atoms. The lowest BCUT2D eigenvalue weighted by Crippen LogP contribution is -2.45. The minimum absolute atomic E-state index is 0.0195. The Kier molecular flexibility index (Phi) is 6.68. The van der Waals surface area contributed by atoms with Gasteiger partial charge in [-0.15, -0.1) is 0 Å². The fourth-order valence-electron chi connectivity index (χ4n) is 3.23. The molecule has 1 heterocycles. The second kappa shape index (κ2) is 8.56. The Morgan fingerprint density at radius 1 is 1.19 bits per heavy atom. The summed E-state index contributed by atoms with van der Waals surface area (Å²) in [6, 6.07) is 7.84. The number of nitrogens with zero attached hydrogens (tertiary/aromatic N) is 2. The predicted molar refractivity (Wildman–Crippen MR) is 103 cm³/mol. The van der Waals surface area contributed by atoms with Crippen LogP contribution in [0.2, 0.25) is 0 Å². The van der Waals surface area contributed by atoms with E-state index >= 15 is 0 Å². The number of rotatable bonds is 6. The van der Waals surface area contributed by atoms with Crippen molar-refractivity contribution in [1.82, 2.24) is 9.80 Å². The van der Waals surface area contributed by atoms with Gasteiger partial charge >= 0.3 is 0 Å². The van der Waals surface area contributed by atoms with Crippen LogP contribution in [0.5, 0.6) is 5.75 Å². The lowest BCUT2D eigenvalue weighted by atomic mass is 9.87. The third-order valence-corrected chi connectivity index (χ3v) is 4.82. The Morgan fingerprint density at radius 2 is 1.85 bits per heavy atom. The molecule has 1 aliphatic rings. The van der Waals surface area contributed by atoms with Crippen LogP contribution in [0, 0.1) is 0 Å². The first-order chi connectivity index (χ1) is 12.2. The Hall–Kier alpha value is -2.04. The van der Waals surface area contributed by atoms with E-state index < -0.39 is 0 Å². The average Bonchev–Trinajstić information content (AvgIpc) is 3.07. The molecule has 26 heavy (non-hydrogen) atoms. The molecule has 1 saturated heterocycles. The van der Waals surface area contributed by atoms with Crippen molar-refractivity contribution < 1.29 is 14.3 Å². The number of carbonyl (C=O) groups is 2. The number of likely N-dealkylation sites (tertiary alicyclic amines) is 1. The van der Waals surface area contributed by atoms with Gasteiger partial charge in [-0.2, -0.15) is 0 Å². The van der Waals surface area contributed by atoms with Gasteiger partial charge in [-0.1, -0.05) is 32.9 Å². The van der Waals surface area contributed by atoms with Crippen molar-refractivity contribution in [3.05, 3.63) is 29.8 Å². The van der Waals surface area contributed by atoms with Crippen molar-refractivity contribution in [2.45, 2.75) is 57.9 Å². The van der Waals surface area contributed by atoms with E-state index in [9.17, 15) is 9.59 Å². The molecule has 0 spiro atoms. The van der Waals surface area contributed by atoms with Crippen molar-refractivity contribution >= 4 is 11.8 Å². The van der Waals surface area contributed by atoms with E-state index in [-0.39, 0.29) is 23.3 Å². The summed E-state index contributed by atoms with van der Waals surface area (Å²) in [6.07, 6.45) is 2.72. The number of carbonyl (C=O) groups excluding carboxylic acids is 2. The SMILES string of the molecule is CN(C)C(=O)C1CCCN1C(=O)CCCOc1ccc(C(C)(C)C)cc1. The molecule has 1 aliphatic heterocycles. The minimum Gasteiger partial charge on any atom is -0.494 e. The zero-order valence-electron chi connectivity index (χ0n) is 16.7. The number of hydrogen-bond acceptors (Lipinski definition) is 3.